The van der Waals surface area contributed by atoms with Gasteiger partial charge in [0.25, 0.3) is 5.56 Å². The molecule has 1 aliphatic rings. The number of rotatable bonds is 3. The Morgan fingerprint density at radius 1 is 1.19 bits per heavy atom. The molecule has 0 saturated carbocycles. The van der Waals surface area contributed by atoms with Crippen molar-refractivity contribution in [2.75, 3.05) is 26.3 Å². The monoisotopic (exact) mass is 438 g/mol. The topological polar surface area (TPSA) is 69.4 Å². The molecule has 0 unspecified atom stereocenters. The van der Waals surface area contributed by atoms with Crippen molar-refractivity contribution in [1.82, 2.24) is 19.2 Å². The number of morpholine rings is 1. The summed E-state index contributed by atoms with van der Waals surface area (Å²) in [4.78, 5) is 27.0. The normalized spacial score (nSPS) is 14.9. The van der Waals surface area contributed by atoms with Crippen molar-refractivity contribution in [3.05, 3.63) is 57.8 Å². The van der Waals surface area contributed by atoms with E-state index in [-0.39, 0.29) is 22.4 Å². The van der Waals surface area contributed by atoms with Crippen LogP contribution in [0.5, 0.6) is 0 Å². The number of pyridine rings is 1. The summed E-state index contributed by atoms with van der Waals surface area (Å²) in [6.07, 6.45) is -4.81. The largest absolute Gasteiger partial charge is 0.417 e. The second-order valence-corrected chi connectivity index (χ2v) is 7.15. The molecular formula is C20H18F4N4O3. The van der Waals surface area contributed by atoms with Crippen LogP contribution in [0, 0.1) is 12.7 Å². The van der Waals surface area contributed by atoms with Crippen molar-refractivity contribution in [2.24, 2.45) is 0 Å². The Balaban J connectivity index is 1.95. The number of aromatic nitrogens is 3. The molecule has 164 valence electrons. The van der Waals surface area contributed by atoms with Gasteiger partial charge in [0.2, 0.25) is 5.91 Å². The minimum absolute atomic E-state index is 0.000780. The van der Waals surface area contributed by atoms with Gasteiger partial charge in [0.05, 0.1) is 35.5 Å². The molecule has 4 rings (SSSR count). The molecule has 0 aliphatic carbocycles. The summed E-state index contributed by atoms with van der Waals surface area (Å²) >= 11 is 0. The van der Waals surface area contributed by atoms with E-state index in [2.05, 4.69) is 5.10 Å². The van der Waals surface area contributed by atoms with Gasteiger partial charge < -0.3 is 9.64 Å². The maximum Gasteiger partial charge on any atom is 0.417 e. The van der Waals surface area contributed by atoms with Gasteiger partial charge in [-0.1, -0.05) is 6.07 Å². The Hall–Kier alpha value is -3.21. The Labute approximate surface area is 173 Å². The fraction of sp³-hybridized carbons (Fsp3) is 0.350. The number of carbonyl (C=O) groups is 1. The molecule has 0 radical (unpaired) electrons. The fourth-order valence-corrected chi connectivity index (χ4v) is 3.67. The first-order valence-electron chi connectivity index (χ1n) is 9.48. The molecule has 1 aromatic carbocycles. The van der Waals surface area contributed by atoms with E-state index in [0.717, 1.165) is 15.3 Å². The summed E-state index contributed by atoms with van der Waals surface area (Å²) in [5.74, 6) is -1.06. The van der Waals surface area contributed by atoms with Gasteiger partial charge in [0, 0.05) is 19.2 Å². The average Bonchev–Trinajstić information content (AvgIpc) is 3.06. The molecule has 3 heterocycles. The van der Waals surface area contributed by atoms with Crippen LogP contribution in [0.1, 0.15) is 11.3 Å². The lowest BCUT2D eigenvalue weighted by atomic mass is 10.1. The third kappa shape index (κ3) is 3.92. The average molecular weight is 438 g/mol. The standard InChI is InChI=1S/C20H18F4N4O3/c1-12-18-15(20(22,23)24)10-16(29)27(11-17(30)26-5-7-31-8-6-26)19(18)28(25-12)14-4-2-3-13(21)9-14/h2-4,9-10H,5-8,11H2,1H3. The first kappa shape index (κ1) is 21.0. The van der Waals surface area contributed by atoms with E-state index < -0.39 is 35.6 Å². The lowest BCUT2D eigenvalue weighted by Gasteiger charge is -2.27. The molecule has 11 heteroatoms. The van der Waals surface area contributed by atoms with Crippen molar-refractivity contribution in [3.8, 4) is 5.69 Å². The second kappa shape index (κ2) is 7.80. The van der Waals surface area contributed by atoms with E-state index in [1.165, 1.54) is 30.0 Å². The predicted octanol–water partition coefficient (Wildman–Crippen LogP) is 2.51. The summed E-state index contributed by atoms with van der Waals surface area (Å²) in [6.45, 7) is 2.20. The Kier molecular flexibility index (Phi) is 5.29. The van der Waals surface area contributed by atoms with Crippen LogP contribution in [0.25, 0.3) is 16.7 Å². The van der Waals surface area contributed by atoms with E-state index in [1.807, 2.05) is 0 Å². The Morgan fingerprint density at radius 3 is 2.55 bits per heavy atom. The number of benzene rings is 1. The minimum atomic E-state index is -4.81. The van der Waals surface area contributed by atoms with Crippen LogP contribution in [0.3, 0.4) is 0 Å². The number of fused-ring (bicyclic) bond motifs is 1. The van der Waals surface area contributed by atoms with Crippen LogP contribution < -0.4 is 5.56 Å². The highest BCUT2D eigenvalue weighted by atomic mass is 19.4. The zero-order valence-electron chi connectivity index (χ0n) is 16.4. The quantitative estimate of drug-likeness (QED) is 0.590. The smallest absolute Gasteiger partial charge is 0.378 e. The summed E-state index contributed by atoms with van der Waals surface area (Å²) in [5, 5.41) is 3.83. The number of halogens is 4. The first-order valence-corrected chi connectivity index (χ1v) is 9.48. The van der Waals surface area contributed by atoms with Crippen LogP contribution in [0.2, 0.25) is 0 Å². The van der Waals surface area contributed by atoms with E-state index in [0.29, 0.717) is 32.4 Å². The van der Waals surface area contributed by atoms with Crippen LogP contribution in [0.4, 0.5) is 17.6 Å². The molecule has 0 bridgehead atoms. The Morgan fingerprint density at radius 2 is 1.90 bits per heavy atom. The van der Waals surface area contributed by atoms with Crippen molar-refractivity contribution in [1.29, 1.82) is 0 Å². The first-order chi connectivity index (χ1) is 14.7. The molecular weight excluding hydrogens is 420 g/mol. The lowest BCUT2D eigenvalue weighted by molar-refractivity contribution is -0.136. The number of ether oxygens (including phenoxy) is 1. The zero-order valence-corrected chi connectivity index (χ0v) is 16.4. The number of alkyl halides is 3. The van der Waals surface area contributed by atoms with Crippen molar-refractivity contribution in [2.45, 2.75) is 19.6 Å². The molecule has 1 fully saturated rings. The molecule has 3 aromatic rings. The summed E-state index contributed by atoms with van der Waals surface area (Å²) in [5.41, 5.74) is -2.24. The van der Waals surface area contributed by atoms with E-state index in [9.17, 15) is 27.2 Å². The molecule has 0 atom stereocenters. The van der Waals surface area contributed by atoms with Gasteiger partial charge in [0.15, 0.2) is 0 Å². The number of nitrogens with zero attached hydrogens (tertiary/aromatic N) is 4. The van der Waals surface area contributed by atoms with E-state index in [4.69, 9.17) is 4.74 Å². The third-order valence-electron chi connectivity index (χ3n) is 5.11. The maximum absolute atomic E-state index is 13.8. The number of aryl methyl sites for hydroxylation is 1. The second-order valence-electron chi connectivity index (χ2n) is 7.15. The van der Waals surface area contributed by atoms with Gasteiger partial charge >= 0.3 is 6.18 Å². The SMILES string of the molecule is Cc1nn(-c2cccc(F)c2)c2c1c(C(F)(F)F)cc(=O)n2CC(=O)N1CCOCC1. The number of hydrogen-bond donors (Lipinski definition) is 0. The molecule has 1 saturated heterocycles. The highest BCUT2D eigenvalue weighted by molar-refractivity contribution is 5.86. The van der Waals surface area contributed by atoms with Crippen LogP contribution in [-0.2, 0) is 22.3 Å². The van der Waals surface area contributed by atoms with Gasteiger partial charge in [-0.2, -0.15) is 18.3 Å². The van der Waals surface area contributed by atoms with Gasteiger partial charge in [-0.25, -0.2) is 9.07 Å². The van der Waals surface area contributed by atoms with E-state index in [1.54, 1.807) is 0 Å². The number of amides is 1. The number of carbonyl (C=O) groups excluding carboxylic acids is 1. The zero-order chi connectivity index (χ0) is 22.3. The molecule has 0 spiro atoms. The van der Waals surface area contributed by atoms with Gasteiger partial charge in [-0.15, -0.1) is 0 Å². The van der Waals surface area contributed by atoms with Gasteiger partial charge in [0.1, 0.15) is 18.0 Å². The summed E-state index contributed by atoms with van der Waals surface area (Å²) in [6, 6.07) is 5.57. The molecule has 0 N–H and O–H groups in total. The highest BCUT2D eigenvalue weighted by Gasteiger charge is 2.36. The Bertz CT molecular complexity index is 1210. The molecule has 1 aliphatic heterocycles. The molecule has 1 amide bonds. The van der Waals surface area contributed by atoms with Crippen molar-refractivity contribution < 1.29 is 27.1 Å². The third-order valence-corrected chi connectivity index (χ3v) is 5.11. The van der Waals surface area contributed by atoms with Crippen molar-refractivity contribution >= 4 is 16.9 Å². The van der Waals surface area contributed by atoms with Crippen LogP contribution in [-0.4, -0.2) is 51.5 Å². The lowest BCUT2D eigenvalue weighted by Crippen LogP contribution is -2.43. The molecule has 31 heavy (non-hydrogen) atoms. The summed E-state index contributed by atoms with van der Waals surface area (Å²) < 4.78 is 62.1. The fourth-order valence-electron chi connectivity index (χ4n) is 3.67. The van der Waals surface area contributed by atoms with Gasteiger partial charge in [-0.05, 0) is 25.1 Å². The van der Waals surface area contributed by atoms with E-state index >= 15 is 0 Å². The highest BCUT2D eigenvalue weighted by Crippen LogP contribution is 2.36. The molecule has 2 aromatic heterocycles. The minimum Gasteiger partial charge on any atom is -0.378 e. The van der Waals surface area contributed by atoms with Crippen LogP contribution in [0.15, 0.2) is 35.1 Å². The van der Waals surface area contributed by atoms with Crippen molar-refractivity contribution in [3.63, 3.8) is 0 Å². The maximum atomic E-state index is 13.8. The summed E-state index contributed by atoms with van der Waals surface area (Å²) in [7, 11) is 0. The number of hydrogen-bond acceptors (Lipinski definition) is 4. The van der Waals surface area contributed by atoms with Gasteiger partial charge in [-0.3, -0.25) is 14.2 Å². The predicted molar refractivity (Wildman–Crippen MR) is 102 cm³/mol. The molecule has 7 nitrogen and oxygen atoms in total. The van der Waals surface area contributed by atoms with Crippen LogP contribution >= 0.6 is 0 Å².